The first kappa shape index (κ1) is 16.0. The molecule has 2 atom stereocenters. The van der Waals surface area contributed by atoms with Gasteiger partial charge in [-0.2, -0.15) is 17.0 Å². The summed E-state index contributed by atoms with van der Waals surface area (Å²) in [6, 6.07) is 12.3. The highest BCUT2D eigenvalue weighted by atomic mass is 32.2. The van der Waals surface area contributed by atoms with Gasteiger partial charge in [-0.25, -0.2) is 0 Å². The first-order chi connectivity index (χ1) is 9.18. The molecule has 0 bridgehead atoms. The van der Waals surface area contributed by atoms with E-state index in [0.717, 1.165) is 18.5 Å². The predicted octanol–water partition coefficient (Wildman–Crippen LogP) is 2.52. The van der Waals surface area contributed by atoms with E-state index in [4.69, 9.17) is 5.11 Å². The first-order valence-electron chi connectivity index (χ1n) is 6.62. The molecule has 3 nitrogen and oxygen atoms in total. The van der Waals surface area contributed by atoms with Gasteiger partial charge < -0.3 is 5.11 Å². The lowest BCUT2D eigenvalue weighted by molar-refractivity contribution is 0.299. The molecule has 0 saturated heterocycles. The molecule has 0 radical (unpaired) electrons. The number of benzene rings is 1. The van der Waals surface area contributed by atoms with Crippen molar-refractivity contribution in [3.63, 3.8) is 0 Å². The Morgan fingerprint density at radius 1 is 1.42 bits per heavy atom. The van der Waals surface area contributed by atoms with Crippen molar-refractivity contribution in [1.82, 2.24) is 5.32 Å². The van der Waals surface area contributed by atoms with Crippen molar-refractivity contribution in [1.29, 1.82) is 5.26 Å². The fraction of sp³-hybridized carbons (Fsp3) is 0.533. The second-order valence-electron chi connectivity index (χ2n) is 4.61. The molecule has 0 aliphatic heterocycles. The predicted molar refractivity (Wildman–Crippen MR) is 81.0 cm³/mol. The molecule has 0 aliphatic carbocycles. The molecule has 0 saturated carbocycles. The van der Waals surface area contributed by atoms with Gasteiger partial charge in [0.2, 0.25) is 0 Å². The van der Waals surface area contributed by atoms with E-state index in [0.29, 0.717) is 5.75 Å². The van der Waals surface area contributed by atoms with Gasteiger partial charge in [-0.05, 0) is 18.5 Å². The Bertz CT molecular complexity index is 404. The second-order valence-corrected chi connectivity index (χ2v) is 6.04. The number of thioether (sulfide) groups is 1. The van der Waals surface area contributed by atoms with Crippen LogP contribution in [-0.2, 0) is 5.54 Å². The molecule has 19 heavy (non-hydrogen) atoms. The average Bonchev–Trinajstić information content (AvgIpc) is 2.48. The SMILES string of the molecule is CCCNC(C#N)(CSC(C)CO)c1ccccc1. The van der Waals surface area contributed by atoms with Gasteiger partial charge in [0.25, 0.3) is 0 Å². The Balaban J connectivity index is 2.92. The molecule has 104 valence electrons. The molecule has 0 amide bonds. The lowest BCUT2D eigenvalue weighted by Gasteiger charge is -2.29. The number of nitrogens with zero attached hydrogens (tertiary/aromatic N) is 1. The standard InChI is InChI=1S/C15H22N2OS/c1-3-9-17-15(11-16,12-19-13(2)10-18)14-7-5-4-6-8-14/h4-8,13,17-18H,3,9-10,12H2,1-2H3. The average molecular weight is 278 g/mol. The highest BCUT2D eigenvalue weighted by Crippen LogP contribution is 2.27. The van der Waals surface area contributed by atoms with Crippen LogP contribution in [-0.4, -0.2) is 29.3 Å². The summed E-state index contributed by atoms with van der Waals surface area (Å²) in [7, 11) is 0. The van der Waals surface area contributed by atoms with Crippen LogP contribution in [0.3, 0.4) is 0 Å². The summed E-state index contributed by atoms with van der Waals surface area (Å²) in [6.07, 6.45) is 0.983. The van der Waals surface area contributed by atoms with Crippen LogP contribution in [0.2, 0.25) is 0 Å². The number of nitrogens with one attached hydrogen (secondary N) is 1. The maximum Gasteiger partial charge on any atom is 0.141 e. The highest BCUT2D eigenvalue weighted by Gasteiger charge is 2.31. The van der Waals surface area contributed by atoms with Crippen molar-refractivity contribution in [2.24, 2.45) is 0 Å². The number of rotatable bonds is 8. The summed E-state index contributed by atoms with van der Waals surface area (Å²) in [5.74, 6) is 0.634. The lowest BCUT2D eigenvalue weighted by Crippen LogP contribution is -2.44. The van der Waals surface area contributed by atoms with Crippen LogP contribution in [0.1, 0.15) is 25.8 Å². The molecule has 0 aliphatic rings. The molecule has 1 aromatic carbocycles. The van der Waals surface area contributed by atoms with E-state index in [-0.39, 0.29) is 11.9 Å². The minimum Gasteiger partial charge on any atom is -0.395 e. The lowest BCUT2D eigenvalue weighted by atomic mass is 9.93. The van der Waals surface area contributed by atoms with Crippen molar-refractivity contribution in [3.05, 3.63) is 35.9 Å². The number of hydrogen-bond acceptors (Lipinski definition) is 4. The van der Waals surface area contributed by atoms with Crippen LogP contribution >= 0.6 is 11.8 Å². The second kappa shape index (κ2) is 8.21. The molecule has 0 aromatic heterocycles. The molecule has 0 fully saturated rings. The van der Waals surface area contributed by atoms with E-state index in [1.54, 1.807) is 11.8 Å². The molecule has 2 unspecified atom stereocenters. The Hall–Kier alpha value is -1.02. The van der Waals surface area contributed by atoms with Gasteiger partial charge in [-0.1, -0.05) is 44.2 Å². The maximum atomic E-state index is 9.65. The smallest absolute Gasteiger partial charge is 0.141 e. The highest BCUT2D eigenvalue weighted by molar-refractivity contribution is 7.99. The summed E-state index contributed by atoms with van der Waals surface area (Å²) in [5.41, 5.74) is 0.314. The Morgan fingerprint density at radius 3 is 2.63 bits per heavy atom. The Labute approximate surface area is 120 Å². The summed E-state index contributed by atoms with van der Waals surface area (Å²) < 4.78 is 0. The molecule has 4 heteroatoms. The normalized spacial score (nSPS) is 15.5. The van der Waals surface area contributed by atoms with E-state index >= 15 is 0 Å². The largest absolute Gasteiger partial charge is 0.395 e. The fourth-order valence-electron chi connectivity index (χ4n) is 1.75. The summed E-state index contributed by atoms with van der Waals surface area (Å²) in [4.78, 5) is 0. The van der Waals surface area contributed by atoms with Crippen molar-refractivity contribution in [2.45, 2.75) is 31.1 Å². The van der Waals surface area contributed by atoms with Gasteiger partial charge in [0.15, 0.2) is 0 Å². The number of aliphatic hydroxyl groups excluding tert-OH is 1. The Kier molecular flexibility index (Phi) is 6.93. The zero-order valence-corrected chi connectivity index (χ0v) is 12.4. The zero-order chi connectivity index (χ0) is 14.1. The Morgan fingerprint density at radius 2 is 2.11 bits per heavy atom. The minimum atomic E-state index is -0.675. The maximum absolute atomic E-state index is 9.65. The number of aliphatic hydroxyl groups is 1. The van der Waals surface area contributed by atoms with Crippen LogP contribution in [0.4, 0.5) is 0 Å². The monoisotopic (exact) mass is 278 g/mol. The van der Waals surface area contributed by atoms with Crippen LogP contribution < -0.4 is 5.32 Å². The van der Waals surface area contributed by atoms with E-state index in [1.165, 1.54) is 0 Å². The third-order valence-electron chi connectivity index (χ3n) is 2.98. The van der Waals surface area contributed by atoms with Crippen molar-refractivity contribution < 1.29 is 5.11 Å². The van der Waals surface area contributed by atoms with Gasteiger partial charge in [0, 0.05) is 11.0 Å². The molecule has 1 rings (SSSR count). The van der Waals surface area contributed by atoms with Crippen LogP contribution in [0.5, 0.6) is 0 Å². The number of nitriles is 1. The van der Waals surface area contributed by atoms with Gasteiger partial charge in [-0.3, -0.25) is 5.32 Å². The number of hydrogen-bond donors (Lipinski definition) is 2. The van der Waals surface area contributed by atoms with E-state index in [2.05, 4.69) is 18.3 Å². The van der Waals surface area contributed by atoms with E-state index < -0.39 is 5.54 Å². The quantitative estimate of drug-likeness (QED) is 0.767. The van der Waals surface area contributed by atoms with Crippen molar-refractivity contribution in [2.75, 3.05) is 18.9 Å². The molecule has 2 N–H and O–H groups in total. The van der Waals surface area contributed by atoms with E-state index in [1.807, 2.05) is 37.3 Å². The zero-order valence-electron chi connectivity index (χ0n) is 11.6. The third kappa shape index (κ3) is 4.54. The van der Waals surface area contributed by atoms with Crippen molar-refractivity contribution >= 4 is 11.8 Å². The topological polar surface area (TPSA) is 56.0 Å². The summed E-state index contributed by atoms with van der Waals surface area (Å²) in [5, 5.41) is 22.3. The van der Waals surface area contributed by atoms with Gasteiger partial charge in [0.1, 0.15) is 5.54 Å². The summed E-state index contributed by atoms with van der Waals surface area (Å²) in [6.45, 7) is 4.99. The van der Waals surface area contributed by atoms with E-state index in [9.17, 15) is 5.26 Å². The molecule has 0 spiro atoms. The first-order valence-corrected chi connectivity index (χ1v) is 7.67. The van der Waals surface area contributed by atoms with Crippen LogP contribution in [0.25, 0.3) is 0 Å². The molecular weight excluding hydrogens is 256 g/mol. The van der Waals surface area contributed by atoms with Crippen molar-refractivity contribution in [3.8, 4) is 6.07 Å². The minimum absolute atomic E-state index is 0.134. The third-order valence-corrected chi connectivity index (χ3v) is 4.29. The summed E-state index contributed by atoms with van der Waals surface area (Å²) >= 11 is 1.62. The van der Waals surface area contributed by atoms with Crippen LogP contribution in [0, 0.1) is 11.3 Å². The van der Waals surface area contributed by atoms with Gasteiger partial charge in [-0.15, -0.1) is 0 Å². The molecule has 1 aromatic rings. The van der Waals surface area contributed by atoms with Crippen LogP contribution in [0.15, 0.2) is 30.3 Å². The van der Waals surface area contributed by atoms with Gasteiger partial charge in [0.05, 0.1) is 12.7 Å². The fourth-order valence-corrected chi connectivity index (χ4v) is 2.73. The molecular formula is C15H22N2OS. The van der Waals surface area contributed by atoms with Gasteiger partial charge >= 0.3 is 0 Å². The molecule has 0 heterocycles.